The molecule has 3 aromatic rings. The van der Waals surface area contributed by atoms with Crippen LogP contribution in [0.15, 0.2) is 78.9 Å². The van der Waals surface area contributed by atoms with Crippen molar-refractivity contribution in [1.82, 2.24) is 10.2 Å². The molecule has 5 rings (SSSR count). The molecule has 5 nitrogen and oxygen atoms in total. The van der Waals surface area contributed by atoms with E-state index in [1.807, 2.05) is 47.4 Å². The van der Waals surface area contributed by atoms with Crippen molar-refractivity contribution in [2.24, 2.45) is 0 Å². The maximum absolute atomic E-state index is 13.1. The second-order valence-electron chi connectivity index (χ2n) is 8.89. The van der Waals surface area contributed by atoms with Gasteiger partial charge in [0.1, 0.15) is 11.5 Å². The van der Waals surface area contributed by atoms with Crippen LogP contribution in [0.5, 0.6) is 11.5 Å². The number of hydrogen-bond donors (Lipinski definition) is 1. The SMILES string of the molecule is COc1ccc(CNC(=O)N2C3C=C(c4cccc(-c5ccccc5OC)c4)CC2CC3)cc1. The van der Waals surface area contributed by atoms with Gasteiger partial charge in [0.05, 0.1) is 20.3 Å². The molecule has 3 aromatic carbocycles. The second-order valence-corrected chi connectivity index (χ2v) is 8.89. The molecule has 1 fully saturated rings. The van der Waals surface area contributed by atoms with Gasteiger partial charge < -0.3 is 19.7 Å². The highest BCUT2D eigenvalue weighted by atomic mass is 16.5. The number of para-hydroxylation sites is 1. The molecule has 2 atom stereocenters. The molecule has 2 bridgehead atoms. The van der Waals surface area contributed by atoms with Crippen molar-refractivity contribution in [2.45, 2.75) is 37.9 Å². The van der Waals surface area contributed by atoms with Gasteiger partial charge in [-0.2, -0.15) is 0 Å². The number of rotatable bonds is 6. The molecular weight excluding hydrogens is 424 g/mol. The van der Waals surface area contributed by atoms with Crippen LogP contribution in [0.25, 0.3) is 16.7 Å². The van der Waals surface area contributed by atoms with E-state index in [2.05, 4.69) is 41.7 Å². The van der Waals surface area contributed by atoms with E-state index < -0.39 is 0 Å². The van der Waals surface area contributed by atoms with Crippen molar-refractivity contribution in [3.05, 3.63) is 90.0 Å². The van der Waals surface area contributed by atoms with Crippen LogP contribution in [0.1, 0.15) is 30.4 Å². The molecule has 174 valence electrons. The van der Waals surface area contributed by atoms with Gasteiger partial charge >= 0.3 is 6.03 Å². The van der Waals surface area contributed by atoms with Crippen LogP contribution in [0.3, 0.4) is 0 Å². The van der Waals surface area contributed by atoms with Crippen molar-refractivity contribution in [3.8, 4) is 22.6 Å². The maximum atomic E-state index is 13.1. The standard InChI is InChI=1S/C29H30N2O3/c1-33-26-14-10-20(11-15-26)19-30-29(32)31-24-12-13-25(31)18-23(17-24)21-6-5-7-22(16-21)27-8-3-4-9-28(27)34-2/h3-11,14-17,24-25H,12-13,18-19H2,1-2H3,(H,30,32). The number of methoxy groups -OCH3 is 2. The van der Waals surface area contributed by atoms with E-state index in [1.54, 1.807) is 14.2 Å². The lowest BCUT2D eigenvalue weighted by molar-refractivity contribution is 0.179. The Morgan fingerprint density at radius 3 is 2.50 bits per heavy atom. The Balaban J connectivity index is 1.31. The molecule has 5 heteroatoms. The number of fused-ring (bicyclic) bond motifs is 2. The molecule has 2 aliphatic heterocycles. The minimum absolute atomic E-state index is 0.0152. The first-order chi connectivity index (χ1) is 16.7. The van der Waals surface area contributed by atoms with Gasteiger partial charge in [-0.05, 0) is 65.8 Å². The monoisotopic (exact) mass is 454 g/mol. The smallest absolute Gasteiger partial charge is 0.318 e. The number of amides is 2. The fraction of sp³-hybridized carbons (Fsp3) is 0.276. The number of carbonyl (C=O) groups is 1. The second kappa shape index (κ2) is 9.64. The summed E-state index contributed by atoms with van der Waals surface area (Å²) in [5.41, 5.74) is 5.83. The molecule has 34 heavy (non-hydrogen) atoms. The lowest BCUT2D eigenvalue weighted by atomic mass is 9.92. The average Bonchev–Trinajstić information content (AvgIpc) is 3.16. The van der Waals surface area contributed by atoms with Gasteiger partial charge in [0, 0.05) is 18.2 Å². The first-order valence-electron chi connectivity index (χ1n) is 11.8. The molecule has 2 heterocycles. The third-order valence-corrected chi connectivity index (χ3v) is 6.88. The van der Waals surface area contributed by atoms with Crippen LogP contribution < -0.4 is 14.8 Å². The van der Waals surface area contributed by atoms with E-state index in [-0.39, 0.29) is 18.1 Å². The molecular formula is C29H30N2O3. The van der Waals surface area contributed by atoms with Crippen LogP contribution in [0.4, 0.5) is 4.79 Å². The molecule has 0 aromatic heterocycles. The molecule has 0 radical (unpaired) electrons. The molecule has 0 spiro atoms. The zero-order valence-corrected chi connectivity index (χ0v) is 19.7. The van der Waals surface area contributed by atoms with E-state index in [4.69, 9.17) is 9.47 Å². The van der Waals surface area contributed by atoms with E-state index in [0.717, 1.165) is 47.5 Å². The van der Waals surface area contributed by atoms with Crippen LogP contribution >= 0.6 is 0 Å². The van der Waals surface area contributed by atoms with Crippen molar-refractivity contribution >= 4 is 11.6 Å². The zero-order valence-electron chi connectivity index (χ0n) is 19.7. The number of nitrogens with zero attached hydrogens (tertiary/aromatic N) is 1. The summed E-state index contributed by atoms with van der Waals surface area (Å²) in [4.78, 5) is 15.1. The summed E-state index contributed by atoms with van der Waals surface area (Å²) in [5.74, 6) is 1.69. The third-order valence-electron chi connectivity index (χ3n) is 6.88. The van der Waals surface area contributed by atoms with Crippen LogP contribution in [0.2, 0.25) is 0 Å². The Hall–Kier alpha value is -3.73. The van der Waals surface area contributed by atoms with Crippen molar-refractivity contribution in [2.75, 3.05) is 14.2 Å². The van der Waals surface area contributed by atoms with E-state index in [0.29, 0.717) is 6.54 Å². The fourth-order valence-corrected chi connectivity index (χ4v) is 5.14. The maximum Gasteiger partial charge on any atom is 0.318 e. The zero-order chi connectivity index (χ0) is 23.5. The van der Waals surface area contributed by atoms with Crippen molar-refractivity contribution < 1.29 is 14.3 Å². The number of urea groups is 1. The number of benzene rings is 3. The Bertz CT molecular complexity index is 1200. The predicted octanol–water partition coefficient (Wildman–Crippen LogP) is 5.90. The lowest BCUT2D eigenvalue weighted by Crippen LogP contribution is -2.48. The molecule has 2 aliphatic rings. The minimum Gasteiger partial charge on any atom is -0.497 e. The first kappa shape index (κ1) is 22.1. The van der Waals surface area contributed by atoms with E-state index >= 15 is 0 Å². The largest absolute Gasteiger partial charge is 0.497 e. The van der Waals surface area contributed by atoms with Crippen molar-refractivity contribution in [1.29, 1.82) is 0 Å². The molecule has 1 saturated heterocycles. The summed E-state index contributed by atoms with van der Waals surface area (Å²) < 4.78 is 10.8. The Labute approximate surface area is 201 Å². The summed E-state index contributed by atoms with van der Waals surface area (Å²) >= 11 is 0. The highest BCUT2D eigenvalue weighted by Gasteiger charge is 2.39. The predicted molar refractivity (Wildman–Crippen MR) is 135 cm³/mol. The van der Waals surface area contributed by atoms with Crippen LogP contribution in [-0.4, -0.2) is 37.2 Å². The van der Waals surface area contributed by atoms with Gasteiger partial charge in [-0.3, -0.25) is 0 Å². The number of ether oxygens (including phenoxy) is 2. The van der Waals surface area contributed by atoms with E-state index in [9.17, 15) is 4.79 Å². The summed E-state index contributed by atoms with van der Waals surface area (Å²) in [5, 5.41) is 3.11. The number of carbonyl (C=O) groups excluding carboxylic acids is 1. The topological polar surface area (TPSA) is 50.8 Å². The van der Waals surface area contributed by atoms with Gasteiger partial charge in [0.25, 0.3) is 0 Å². The highest BCUT2D eigenvalue weighted by Crippen LogP contribution is 2.40. The lowest BCUT2D eigenvalue weighted by Gasteiger charge is -2.34. The number of hydrogen-bond acceptors (Lipinski definition) is 3. The van der Waals surface area contributed by atoms with Gasteiger partial charge in [0.15, 0.2) is 0 Å². The quantitative estimate of drug-likeness (QED) is 0.504. The molecule has 0 aliphatic carbocycles. The number of nitrogens with one attached hydrogen (secondary N) is 1. The average molecular weight is 455 g/mol. The normalized spacial score (nSPS) is 18.9. The summed E-state index contributed by atoms with van der Waals surface area (Å²) in [6.07, 6.45) is 5.21. The van der Waals surface area contributed by atoms with Crippen LogP contribution in [0, 0.1) is 0 Å². The summed E-state index contributed by atoms with van der Waals surface area (Å²) in [6.45, 7) is 0.510. The van der Waals surface area contributed by atoms with Gasteiger partial charge in [-0.1, -0.05) is 54.6 Å². The Morgan fingerprint density at radius 2 is 1.74 bits per heavy atom. The van der Waals surface area contributed by atoms with E-state index in [1.165, 1.54) is 11.1 Å². The van der Waals surface area contributed by atoms with Gasteiger partial charge in [0.2, 0.25) is 0 Å². The molecule has 1 N–H and O–H groups in total. The summed E-state index contributed by atoms with van der Waals surface area (Å²) in [6, 6.07) is 24.9. The van der Waals surface area contributed by atoms with Crippen molar-refractivity contribution in [3.63, 3.8) is 0 Å². The third kappa shape index (κ3) is 4.38. The Morgan fingerprint density at radius 1 is 0.941 bits per heavy atom. The van der Waals surface area contributed by atoms with Gasteiger partial charge in [-0.15, -0.1) is 0 Å². The highest BCUT2D eigenvalue weighted by molar-refractivity contribution is 5.80. The van der Waals surface area contributed by atoms with Gasteiger partial charge in [-0.25, -0.2) is 4.79 Å². The summed E-state index contributed by atoms with van der Waals surface area (Å²) in [7, 11) is 3.36. The van der Waals surface area contributed by atoms with Crippen LogP contribution in [-0.2, 0) is 6.54 Å². The Kier molecular flexibility index (Phi) is 6.26. The minimum atomic E-state index is 0.0152. The molecule has 0 saturated carbocycles. The molecule has 2 amide bonds. The fourth-order valence-electron chi connectivity index (χ4n) is 5.14. The first-order valence-corrected chi connectivity index (χ1v) is 11.8. The molecule has 2 unspecified atom stereocenters.